The molecule has 0 amide bonds. The molecule has 1 aliphatic heterocycles. The maximum absolute atomic E-state index is 11.4. The molecule has 1 atom stereocenters. The fourth-order valence-electron chi connectivity index (χ4n) is 1.84. The number of nitrogens with zero attached hydrogens (tertiary/aromatic N) is 3. The summed E-state index contributed by atoms with van der Waals surface area (Å²) in [6, 6.07) is 1.88. The van der Waals surface area contributed by atoms with Crippen molar-refractivity contribution < 1.29 is 8.42 Å². The minimum absolute atomic E-state index is 0.0937. The molecule has 0 aliphatic carbocycles. The Labute approximate surface area is 110 Å². The molecule has 1 N–H and O–H groups in total. The third kappa shape index (κ3) is 2.73. The molecule has 0 radical (unpaired) electrons. The van der Waals surface area contributed by atoms with Gasteiger partial charge in [-0.3, -0.25) is 0 Å². The minimum atomic E-state index is -2.94. The summed E-state index contributed by atoms with van der Waals surface area (Å²) in [5, 5.41) is 12.7. The van der Waals surface area contributed by atoms with Gasteiger partial charge in [-0.15, -0.1) is 11.8 Å². The van der Waals surface area contributed by atoms with Crippen LogP contribution < -0.4 is 5.32 Å². The van der Waals surface area contributed by atoms with Gasteiger partial charge in [-0.25, -0.2) is 18.4 Å². The van der Waals surface area contributed by atoms with Gasteiger partial charge < -0.3 is 5.32 Å². The van der Waals surface area contributed by atoms with Crippen molar-refractivity contribution in [1.82, 2.24) is 9.97 Å². The fourth-order valence-corrected chi connectivity index (χ4v) is 4.01. The van der Waals surface area contributed by atoms with Crippen LogP contribution in [0.25, 0.3) is 0 Å². The van der Waals surface area contributed by atoms with Gasteiger partial charge in [0, 0.05) is 6.04 Å². The Balaban J connectivity index is 2.23. The summed E-state index contributed by atoms with van der Waals surface area (Å²) in [5.41, 5.74) is 0.370. The van der Waals surface area contributed by atoms with Gasteiger partial charge in [0.2, 0.25) is 0 Å². The minimum Gasteiger partial charge on any atom is -0.365 e. The van der Waals surface area contributed by atoms with Crippen LogP contribution in [-0.2, 0) is 9.84 Å². The first-order chi connectivity index (χ1) is 8.55. The second-order valence-corrected chi connectivity index (χ2v) is 6.99. The molecule has 0 spiro atoms. The lowest BCUT2D eigenvalue weighted by Crippen LogP contribution is -2.22. The van der Waals surface area contributed by atoms with Gasteiger partial charge in [0.25, 0.3) is 0 Å². The van der Waals surface area contributed by atoms with Crippen molar-refractivity contribution in [2.45, 2.75) is 17.5 Å². The smallest absolute Gasteiger partial charge is 0.152 e. The van der Waals surface area contributed by atoms with Crippen molar-refractivity contribution in [3.63, 3.8) is 0 Å². The first-order valence-electron chi connectivity index (χ1n) is 5.32. The first-order valence-corrected chi connectivity index (χ1v) is 8.36. The SMILES string of the molecule is CSc1ncnc(N[C@H]2CCS(=O)(=O)C2)c1C#N. The summed E-state index contributed by atoms with van der Waals surface area (Å²) in [6.07, 6.45) is 3.75. The molecule has 1 aliphatic rings. The molecule has 0 unspecified atom stereocenters. The maximum Gasteiger partial charge on any atom is 0.152 e. The second-order valence-electron chi connectivity index (χ2n) is 3.96. The van der Waals surface area contributed by atoms with Gasteiger partial charge >= 0.3 is 0 Å². The van der Waals surface area contributed by atoms with Crippen molar-refractivity contribution in [2.75, 3.05) is 23.1 Å². The standard InChI is InChI=1S/C10H12N4O2S2/c1-17-10-8(4-11)9(12-6-13-10)14-7-2-3-18(15,16)5-7/h6-7H,2-3,5H2,1H3,(H,12,13,14)/t7-/m0/s1. The summed E-state index contributed by atoms with van der Waals surface area (Å²) in [6.45, 7) is 0. The molecule has 2 heterocycles. The molecule has 0 aromatic carbocycles. The number of rotatable bonds is 3. The van der Waals surface area contributed by atoms with Gasteiger partial charge in [-0.05, 0) is 12.7 Å². The lowest BCUT2D eigenvalue weighted by atomic mass is 10.2. The quantitative estimate of drug-likeness (QED) is 0.643. The van der Waals surface area contributed by atoms with Gasteiger partial charge in [-0.1, -0.05) is 0 Å². The van der Waals surface area contributed by atoms with E-state index in [0.29, 0.717) is 22.8 Å². The Bertz CT molecular complexity index is 594. The Morgan fingerprint density at radius 3 is 2.89 bits per heavy atom. The van der Waals surface area contributed by atoms with Crippen LogP contribution >= 0.6 is 11.8 Å². The molecule has 1 saturated heterocycles. The van der Waals surface area contributed by atoms with Crippen LogP contribution in [-0.4, -0.2) is 42.2 Å². The highest BCUT2D eigenvalue weighted by Gasteiger charge is 2.28. The predicted molar refractivity (Wildman–Crippen MR) is 69.2 cm³/mol. The maximum atomic E-state index is 11.4. The van der Waals surface area contributed by atoms with Crippen molar-refractivity contribution >= 4 is 27.4 Å². The first kappa shape index (κ1) is 13.1. The average Bonchev–Trinajstić information content (AvgIpc) is 2.68. The van der Waals surface area contributed by atoms with Gasteiger partial charge in [-0.2, -0.15) is 5.26 Å². The van der Waals surface area contributed by atoms with E-state index < -0.39 is 9.84 Å². The summed E-state index contributed by atoms with van der Waals surface area (Å²) in [5.74, 6) is 0.697. The molecular weight excluding hydrogens is 272 g/mol. The number of nitrogens with one attached hydrogen (secondary N) is 1. The van der Waals surface area contributed by atoms with E-state index in [2.05, 4.69) is 21.4 Å². The topological polar surface area (TPSA) is 95.7 Å². The van der Waals surface area contributed by atoms with E-state index in [1.807, 2.05) is 6.26 Å². The highest BCUT2D eigenvalue weighted by molar-refractivity contribution is 7.98. The number of sulfone groups is 1. The van der Waals surface area contributed by atoms with Crippen LogP contribution in [0.4, 0.5) is 5.82 Å². The zero-order valence-electron chi connectivity index (χ0n) is 9.75. The monoisotopic (exact) mass is 284 g/mol. The zero-order chi connectivity index (χ0) is 13.2. The van der Waals surface area contributed by atoms with E-state index in [4.69, 9.17) is 5.26 Å². The Morgan fingerprint density at radius 2 is 2.33 bits per heavy atom. The highest BCUT2D eigenvalue weighted by Crippen LogP contribution is 2.24. The van der Waals surface area contributed by atoms with Crippen LogP contribution in [0.15, 0.2) is 11.4 Å². The Hall–Kier alpha value is -1.33. The third-order valence-electron chi connectivity index (χ3n) is 2.69. The van der Waals surface area contributed by atoms with Crippen LogP contribution in [0.2, 0.25) is 0 Å². The molecule has 18 heavy (non-hydrogen) atoms. The number of aromatic nitrogens is 2. The van der Waals surface area contributed by atoms with E-state index in [1.165, 1.54) is 18.1 Å². The number of anilines is 1. The molecule has 6 nitrogen and oxygen atoms in total. The normalized spacial score (nSPS) is 21.4. The molecule has 1 fully saturated rings. The predicted octanol–water partition coefficient (Wildman–Crippen LogP) is 0.669. The fraction of sp³-hybridized carbons (Fsp3) is 0.500. The lowest BCUT2D eigenvalue weighted by molar-refractivity contribution is 0.602. The molecule has 1 aromatic heterocycles. The van der Waals surface area contributed by atoms with Crippen molar-refractivity contribution in [2.24, 2.45) is 0 Å². The highest BCUT2D eigenvalue weighted by atomic mass is 32.2. The van der Waals surface area contributed by atoms with Crippen LogP contribution in [0.1, 0.15) is 12.0 Å². The zero-order valence-corrected chi connectivity index (χ0v) is 11.4. The third-order valence-corrected chi connectivity index (χ3v) is 5.16. The number of nitriles is 1. The number of hydrogen-bond donors (Lipinski definition) is 1. The summed E-state index contributed by atoms with van der Waals surface area (Å²) >= 11 is 1.36. The summed E-state index contributed by atoms with van der Waals surface area (Å²) in [7, 11) is -2.94. The molecule has 8 heteroatoms. The van der Waals surface area contributed by atoms with Gasteiger partial charge in [0.1, 0.15) is 28.8 Å². The molecule has 96 valence electrons. The van der Waals surface area contributed by atoms with Gasteiger partial charge in [0.05, 0.1) is 11.5 Å². The summed E-state index contributed by atoms with van der Waals surface area (Å²) < 4.78 is 22.7. The van der Waals surface area contributed by atoms with Crippen LogP contribution in [0.3, 0.4) is 0 Å². The molecule has 2 rings (SSSR count). The van der Waals surface area contributed by atoms with Crippen LogP contribution in [0.5, 0.6) is 0 Å². The molecule has 0 saturated carbocycles. The lowest BCUT2D eigenvalue weighted by Gasteiger charge is -2.13. The molecular formula is C10H12N4O2S2. The Kier molecular flexibility index (Phi) is 3.73. The van der Waals surface area contributed by atoms with Crippen LogP contribution in [0, 0.1) is 11.3 Å². The van der Waals surface area contributed by atoms with Crippen molar-refractivity contribution in [1.29, 1.82) is 5.26 Å². The van der Waals surface area contributed by atoms with E-state index in [0.717, 1.165) is 0 Å². The molecule has 0 bridgehead atoms. The second kappa shape index (κ2) is 5.12. The van der Waals surface area contributed by atoms with Crippen molar-refractivity contribution in [3.8, 4) is 6.07 Å². The largest absolute Gasteiger partial charge is 0.365 e. The molecule has 1 aromatic rings. The van der Waals surface area contributed by atoms with E-state index in [1.54, 1.807) is 0 Å². The van der Waals surface area contributed by atoms with E-state index in [9.17, 15) is 8.42 Å². The van der Waals surface area contributed by atoms with E-state index >= 15 is 0 Å². The number of thioether (sulfide) groups is 1. The van der Waals surface area contributed by atoms with E-state index in [-0.39, 0.29) is 17.5 Å². The average molecular weight is 284 g/mol. The Morgan fingerprint density at radius 1 is 1.56 bits per heavy atom. The van der Waals surface area contributed by atoms with Crippen molar-refractivity contribution in [3.05, 3.63) is 11.9 Å². The van der Waals surface area contributed by atoms with Gasteiger partial charge in [0.15, 0.2) is 9.84 Å². The number of hydrogen-bond acceptors (Lipinski definition) is 7. The summed E-state index contributed by atoms with van der Waals surface area (Å²) in [4.78, 5) is 8.02.